The molecule has 2 nitrogen and oxygen atoms in total. The summed E-state index contributed by atoms with van der Waals surface area (Å²) < 4.78 is 68.7. The molecule has 32 heavy (non-hydrogen) atoms. The minimum absolute atomic E-state index is 0.0769. The number of hydrogen-bond acceptors (Lipinski definition) is 2. The van der Waals surface area contributed by atoms with Crippen LogP contribution < -0.4 is 5.46 Å². The molecule has 0 saturated carbocycles. The summed E-state index contributed by atoms with van der Waals surface area (Å²) in [6.45, 7) is 5.56. The monoisotopic (exact) mass is 604 g/mol. The van der Waals surface area contributed by atoms with E-state index in [0.717, 1.165) is 6.07 Å². The van der Waals surface area contributed by atoms with Crippen molar-refractivity contribution < 1.29 is 36.4 Å². The number of allylic oxidation sites excluding steroid dienone is 2. The Hall–Kier alpha value is -0.875. The fraction of sp³-hybridized carbons (Fsp3) is 0.111. The molecule has 0 radical (unpaired) electrons. The largest absolute Gasteiger partial charge is 0.488 e. The Balaban J connectivity index is 0.000000478. The van der Waals surface area contributed by atoms with E-state index in [2.05, 4.69) is 29.1 Å². The van der Waals surface area contributed by atoms with Crippen molar-refractivity contribution in [1.82, 2.24) is 0 Å². The molecule has 2 aromatic carbocycles. The lowest BCUT2D eigenvalue weighted by molar-refractivity contribution is -0.0825. The van der Waals surface area contributed by atoms with Crippen LogP contribution in [0, 0.1) is 0 Å². The Morgan fingerprint density at radius 1 is 0.750 bits per heavy atom. The van der Waals surface area contributed by atoms with E-state index in [4.69, 9.17) is 56.5 Å². The van der Waals surface area contributed by atoms with Gasteiger partial charge in [-0.3, -0.25) is 0 Å². The molecule has 0 aliphatic carbocycles. The first-order valence-electron chi connectivity index (χ1n) is 7.82. The average Bonchev–Trinajstić information content (AvgIpc) is 2.65. The molecular weight excluding hydrogens is 595 g/mol. The molecule has 0 aliphatic rings. The van der Waals surface area contributed by atoms with Gasteiger partial charge in [-0.2, -0.15) is 26.3 Å². The Morgan fingerprint density at radius 2 is 1.16 bits per heavy atom. The number of benzene rings is 2. The fourth-order valence-electron chi connectivity index (χ4n) is 1.52. The Morgan fingerprint density at radius 3 is 1.47 bits per heavy atom. The third-order valence-corrected chi connectivity index (χ3v) is 5.09. The van der Waals surface area contributed by atoms with E-state index in [1.807, 2.05) is 0 Å². The van der Waals surface area contributed by atoms with E-state index >= 15 is 0 Å². The van der Waals surface area contributed by atoms with Crippen LogP contribution in [-0.2, 0) is 0 Å². The summed E-state index contributed by atoms with van der Waals surface area (Å²) >= 11 is 24.5. The van der Waals surface area contributed by atoms with E-state index in [1.54, 1.807) is 0 Å². The van der Waals surface area contributed by atoms with Crippen LogP contribution in [-0.4, -0.2) is 29.5 Å². The zero-order valence-electron chi connectivity index (χ0n) is 15.5. The highest BCUT2D eigenvalue weighted by molar-refractivity contribution is 9.11. The maximum absolute atomic E-state index is 12.2. The first kappa shape index (κ1) is 31.1. The molecule has 0 saturated heterocycles. The van der Waals surface area contributed by atoms with Gasteiger partial charge in [-0.25, -0.2) is 0 Å². The van der Waals surface area contributed by atoms with Crippen molar-refractivity contribution in [1.29, 1.82) is 0 Å². The van der Waals surface area contributed by atoms with Crippen LogP contribution in [0.3, 0.4) is 0 Å². The fourth-order valence-corrected chi connectivity index (χ4v) is 2.13. The quantitative estimate of drug-likeness (QED) is 0.272. The highest BCUT2D eigenvalue weighted by Gasteiger charge is 2.33. The van der Waals surface area contributed by atoms with E-state index in [-0.39, 0.29) is 15.6 Å². The third kappa shape index (κ3) is 11.3. The van der Waals surface area contributed by atoms with Crippen LogP contribution in [0.4, 0.5) is 26.3 Å². The molecule has 0 heterocycles. The normalized spacial score (nSPS) is 10.9. The van der Waals surface area contributed by atoms with Crippen LogP contribution in [0.1, 0.15) is 5.56 Å². The molecule has 0 atom stereocenters. The maximum atomic E-state index is 12.2. The Labute approximate surface area is 208 Å². The summed E-state index contributed by atoms with van der Waals surface area (Å²) in [5.41, 5.74) is -0.678. The van der Waals surface area contributed by atoms with Gasteiger partial charge in [-0.15, -0.1) is 0 Å². The van der Waals surface area contributed by atoms with Crippen molar-refractivity contribution in [2.24, 2.45) is 0 Å². The highest BCUT2D eigenvalue weighted by Crippen LogP contribution is 2.34. The first-order chi connectivity index (χ1) is 14.4. The van der Waals surface area contributed by atoms with E-state index < -0.39 is 29.5 Å². The van der Waals surface area contributed by atoms with Gasteiger partial charge in [0.25, 0.3) is 0 Å². The van der Waals surface area contributed by atoms with Gasteiger partial charge in [0.05, 0.1) is 30.1 Å². The van der Waals surface area contributed by atoms with Crippen molar-refractivity contribution in [3.05, 3.63) is 79.7 Å². The van der Waals surface area contributed by atoms with Crippen LogP contribution in [0.5, 0.6) is 0 Å². The lowest BCUT2D eigenvalue weighted by Crippen LogP contribution is -2.29. The molecule has 2 aromatic rings. The van der Waals surface area contributed by atoms with Gasteiger partial charge in [0.15, 0.2) is 0 Å². The predicted octanol–water partition coefficient (Wildman–Crippen LogP) is 7.70. The molecule has 0 aromatic heterocycles. The van der Waals surface area contributed by atoms with Crippen molar-refractivity contribution in [3.8, 4) is 0 Å². The lowest BCUT2D eigenvalue weighted by Gasteiger charge is -2.10. The molecule has 0 bridgehead atoms. The topological polar surface area (TPSA) is 40.5 Å². The third-order valence-electron chi connectivity index (χ3n) is 3.16. The molecular formula is C18H12BBrCl4F6O2. The van der Waals surface area contributed by atoms with E-state index in [0.29, 0.717) is 15.5 Å². The van der Waals surface area contributed by atoms with Crippen LogP contribution in [0.15, 0.2) is 54.0 Å². The molecule has 0 amide bonds. The second kappa shape index (κ2) is 13.1. The summed E-state index contributed by atoms with van der Waals surface area (Å²) in [5.74, 6) is 0. The highest BCUT2D eigenvalue weighted by atomic mass is 79.9. The van der Waals surface area contributed by atoms with Gasteiger partial charge in [-0.05, 0) is 51.2 Å². The second-order valence-electron chi connectivity index (χ2n) is 5.56. The van der Waals surface area contributed by atoms with E-state index in [9.17, 15) is 26.3 Å². The summed E-state index contributed by atoms with van der Waals surface area (Å²) in [6.07, 6.45) is -8.73. The number of halogens is 11. The summed E-state index contributed by atoms with van der Waals surface area (Å²) in [7, 11) is -1.50. The molecule has 0 spiro atoms. The molecule has 0 aliphatic heterocycles. The Bertz CT molecular complexity index is 952. The van der Waals surface area contributed by atoms with Crippen molar-refractivity contribution in [2.75, 3.05) is 0 Å². The van der Waals surface area contributed by atoms with Crippen LogP contribution >= 0.6 is 62.3 Å². The Kier molecular flexibility index (Phi) is 12.8. The number of alkyl halides is 6. The molecule has 0 fully saturated rings. The standard InChI is InChI=1S/C9H5Cl2F3.C6H5BCl2O2.C3H2BrF3/c1-5(9(12,13)14)6-2-3-7(10)8(11)4-6;8-5-2-1-4(7(10)11)3-6(5)9;1-2(4)3(5,6)7/h2-4H,1H2;1-3,10-11H;1H2. The maximum Gasteiger partial charge on any atom is 0.488 e. The van der Waals surface area contributed by atoms with Gasteiger partial charge in [0.1, 0.15) is 0 Å². The van der Waals surface area contributed by atoms with Crippen LogP contribution in [0.25, 0.3) is 5.57 Å². The van der Waals surface area contributed by atoms with Gasteiger partial charge >= 0.3 is 19.5 Å². The summed E-state index contributed by atoms with van der Waals surface area (Å²) in [5, 5.41) is 18.4. The smallest absolute Gasteiger partial charge is 0.423 e. The molecule has 2 N–H and O–H groups in total. The van der Waals surface area contributed by atoms with Crippen molar-refractivity contribution in [3.63, 3.8) is 0 Å². The van der Waals surface area contributed by atoms with Crippen LogP contribution in [0.2, 0.25) is 20.1 Å². The molecule has 176 valence electrons. The number of hydrogen-bond donors (Lipinski definition) is 2. The van der Waals surface area contributed by atoms with Crippen molar-refractivity contribution >= 4 is 80.5 Å². The zero-order chi connectivity index (χ0) is 25.4. The second-order valence-corrected chi connectivity index (χ2v) is 8.14. The van der Waals surface area contributed by atoms with Gasteiger partial charge in [0, 0.05) is 0 Å². The van der Waals surface area contributed by atoms with E-state index in [1.165, 1.54) is 30.3 Å². The minimum atomic E-state index is -4.45. The predicted molar refractivity (Wildman–Crippen MR) is 122 cm³/mol. The number of rotatable bonds is 2. The molecule has 2 rings (SSSR count). The summed E-state index contributed by atoms with van der Waals surface area (Å²) in [4.78, 5) is 0. The minimum Gasteiger partial charge on any atom is -0.423 e. The SMILES string of the molecule is C=C(Br)C(F)(F)F.C=C(c1ccc(Cl)c(Cl)c1)C(F)(F)F.OB(O)c1ccc(Cl)c(Cl)c1. The first-order valence-corrected chi connectivity index (χ1v) is 10.1. The van der Waals surface area contributed by atoms with Gasteiger partial charge in [-0.1, -0.05) is 71.7 Å². The lowest BCUT2D eigenvalue weighted by atomic mass is 9.80. The molecule has 0 unspecified atom stereocenters. The summed E-state index contributed by atoms with van der Waals surface area (Å²) in [6, 6.07) is 8.09. The van der Waals surface area contributed by atoms with Gasteiger partial charge < -0.3 is 10.0 Å². The molecule has 14 heteroatoms. The average molecular weight is 607 g/mol. The van der Waals surface area contributed by atoms with Crippen molar-refractivity contribution in [2.45, 2.75) is 12.4 Å². The van der Waals surface area contributed by atoms with Gasteiger partial charge in [0.2, 0.25) is 0 Å². The zero-order valence-corrected chi connectivity index (χ0v) is 20.1.